The maximum atomic E-state index is 4.61. The summed E-state index contributed by atoms with van der Waals surface area (Å²) >= 11 is 1.78. The molecule has 2 rings (SSSR count). The Morgan fingerprint density at radius 3 is 3.00 bits per heavy atom. The highest BCUT2D eigenvalue weighted by Crippen LogP contribution is 2.24. The zero-order valence-corrected chi connectivity index (χ0v) is 9.32. The molecule has 0 amide bonds. The molecule has 1 N–H and O–H groups in total. The van der Waals surface area contributed by atoms with Crippen LogP contribution in [0.2, 0.25) is 0 Å². The standard InChI is InChI=1S/C11H14N2S/c1-3-12-7-10-13-11-8(2)5-4-6-9(11)14-10/h4-6,12H,3,7H2,1-2H3. The molecule has 0 saturated carbocycles. The van der Waals surface area contributed by atoms with E-state index in [9.17, 15) is 0 Å². The molecule has 1 aromatic heterocycles. The van der Waals surface area contributed by atoms with Gasteiger partial charge in [-0.05, 0) is 25.1 Å². The molecule has 0 fully saturated rings. The van der Waals surface area contributed by atoms with Crippen molar-refractivity contribution in [1.82, 2.24) is 10.3 Å². The first kappa shape index (κ1) is 9.62. The van der Waals surface area contributed by atoms with E-state index in [1.165, 1.54) is 15.3 Å². The fraction of sp³-hybridized carbons (Fsp3) is 0.364. The van der Waals surface area contributed by atoms with E-state index in [-0.39, 0.29) is 0 Å². The van der Waals surface area contributed by atoms with Crippen LogP contribution in [-0.2, 0) is 6.54 Å². The highest BCUT2D eigenvalue weighted by molar-refractivity contribution is 7.18. The Bertz CT molecular complexity index is 434. The van der Waals surface area contributed by atoms with Crippen molar-refractivity contribution in [2.75, 3.05) is 6.54 Å². The summed E-state index contributed by atoms with van der Waals surface area (Å²) < 4.78 is 1.29. The summed E-state index contributed by atoms with van der Waals surface area (Å²) in [5, 5.41) is 4.47. The molecule has 3 heteroatoms. The second-order valence-corrected chi connectivity index (χ2v) is 4.42. The third kappa shape index (κ3) is 1.79. The molecule has 0 atom stereocenters. The van der Waals surface area contributed by atoms with Crippen LogP contribution in [0.1, 0.15) is 17.5 Å². The molecule has 0 saturated heterocycles. The number of nitrogens with zero attached hydrogens (tertiary/aromatic N) is 1. The van der Waals surface area contributed by atoms with Gasteiger partial charge in [0.1, 0.15) is 5.01 Å². The molecule has 2 nitrogen and oxygen atoms in total. The smallest absolute Gasteiger partial charge is 0.108 e. The van der Waals surface area contributed by atoms with Crippen LogP contribution in [0.25, 0.3) is 10.2 Å². The topological polar surface area (TPSA) is 24.9 Å². The summed E-state index contributed by atoms with van der Waals surface area (Å²) in [6, 6.07) is 6.33. The van der Waals surface area contributed by atoms with E-state index in [1.54, 1.807) is 11.3 Å². The minimum atomic E-state index is 0.884. The van der Waals surface area contributed by atoms with Gasteiger partial charge in [0.25, 0.3) is 0 Å². The number of nitrogens with one attached hydrogen (secondary N) is 1. The lowest BCUT2D eigenvalue weighted by atomic mass is 10.2. The molecule has 1 aromatic carbocycles. The Kier molecular flexibility index (Phi) is 2.79. The van der Waals surface area contributed by atoms with Crippen molar-refractivity contribution in [1.29, 1.82) is 0 Å². The average molecular weight is 206 g/mol. The minimum Gasteiger partial charge on any atom is -0.311 e. The number of para-hydroxylation sites is 1. The van der Waals surface area contributed by atoms with Gasteiger partial charge in [-0.2, -0.15) is 0 Å². The van der Waals surface area contributed by atoms with Gasteiger partial charge in [0.2, 0.25) is 0 Å². The highest BCUT2D eigenvalue weighted by atomic mass is 32.1. The molecule has 0 bridgehead atoms. The minimum absolute atomic E-state index is 0.884. The number of hydrogen-bond donors (Lipinski definition) is 1. The Balaban J connectivity index is 2.36. The fourth-order valence-corrected chi connectivity index (χ4v) is 2.45. The lowest BCUT2D eigenvalue weighted by Gasteiger charge is -1.94. The first-order chi connectivity index (χ1) is 6.81. The van der Waals surface area contributed by atoms with E-state index in [1.807, 2.05) is 0 Å². The molecule has 0 aliphatic rings. The van der Waals surface area contributed by atoms with Crippen LogP contribution in [0, 0.1) is 6.92 Å². The van der Waals surface area contributed by atoms with Gasteiger partial charge in [0.05, 0.1) is 10.2 Å². The SMILES string of the molecule is CCNCc1nc2c(C)cccc2s1. The molecule has 74 valence electrons. The van der Waals surface area contributed by atoms with Gasteiger partial charge in [-0.25, -0.2) is 4.98 Å². The van der Waals surface area contributed by atoms with Crippen LogP contribution in [0.4, 0.5) is 0 Å². The van der Waals surface area contributed by atoms with E-state index in [2.05, 4.69) is 42.3 Å². The Morgan fingerprint density at radius 2 is 2.29 bits per heavy atom. The maximum Gasteiger partial charge on any atom is 0.108 e. The van der Waals surface area contributed by atoms with Crippen molar-refractivity contribution in [3.05, 3.63) is 28.8 Å². The molecule has 1 heterocycles. The van der Waals surface area contributed by atoms with Gasteiger partial charge in [-0.3, -0.25) is 0 Å². The van der Waals surface area contributed by atoms with Crippen molar-refractivity contribution in [2.45, 2.75) is 20.4 Å². The van der Waals surface area contributed by atoms with Crippen LogP contribution < -0.4 is 5.32 Å². The summed E-state index contributed by atoms with van der Waals surface area (Å²) in [6.07, 6.45) is 0. The average Bonchev–Trinajstić information content (AvgIpc) is 2.59. The summed E-state index contributed by atoms with van der Waals surface area (Å²) in [5.74, 6) is 0. The van der Waals surface area contributed by atoms with Crippen molar-refractivity contribution >= 4 is 21.6 Å². The lowest BCUT2D eigenvalue weighted by molar-refractivity contribution is 0.724. The fourth-order valence-electron chi connectivity index (χ4n) is 1.44. The van der Waals surface area contributed by atoms with Crippen molar-refractivity contribution in [2.24, 2.45) is 0 Å². The second kappa shape index (κ2) is 4.07. The van der Waals surface area contributed by atoms with Crippen LogP contribution >= 0.6 is 11.3 Å². The molecule has 2 aromatic rings. The van der Waals surface area contributed by atoms with Gasteiger partial charge in [-0.15, -0.1) is 11.3 Å². The van der Waals surface area contributed by atoms with Gasteiger partial charge in [0, 0.05) is 6.54 Å². The quantitative estimate of drug-likeness (QED) is 0.835. The van der Waals surface area contributed by atoms with E-state index >= 15 is 0 Å². The summed E-state index contributed by atoms with van der Waals surface area (Å²) in [5.41, 5.74) is 2.42. The van der Waals surface area contributed by atoms with E-state index in [0.29, 0.717) is 0 Å². The first-order valence-electron chi connectivity index (χ1n) is 4.87. The van der Waals surface area contributed by atoms with Crippen LogP contribution in [-0.4, -0.2) is 11.5 Å². The molecule has 0 spiro atoms. The van der Waals surface area contributed by atoms with E-state index < -0.39 is 0 Å². The molecule has 0 aliphatic carbocycles. The van der Waals surface area contributed by atoms with Gasteiger partial charge >= 0.3 is 0 Å². The molecule has 0 radical (unpaired) electrons. The normalized spacial score (nSPS) is 11.0. The molecular weight excluding hydrogens is 192 g/mol. The number of aromatic nitrogens is 1. The number of benzene rings is 1. The largest absolute Gasteiger partial charge is 0.311 e. The van der Waals surface area contributed by atoms with Gasteiger partial charge in [-0.1, -0.05) is 19.1 Å². The van der Waals surface area contributed by atoms with Crippen LogP contribution in [0.15, 0.2) is 18.2 Å². The zero-order chi connectivity index (χ0) is 9.97. The third-order valence-electron chi connectivity index (χ3n) is 2.19. The predicted octanol–water partition coefficient (Wildman–Crippen LogP) is 2.71. The summed E-state index contributed by atoms with van der Waals surface area (Å²) in [4.78, 5) is 4.61. The Morgan fingerprint density at radius 1 is 1.43 bits per heavy atom. The van der Waals surface area contributed by atoms with E-state index in [0.717, 1.165) is 18.6 Å². The molecule has 14 heavy (non-hydrogen) atoms. The summed E-state index contributed by atoms with van der Waals surface area (Å²) in [7, 11) is 0. The van der Waals surface area contributed by atoms with Crippen molar-refractivity contribution in [3.63, 3.8) is 0 Å². The van der Waals surface area contributed by atoms with Crippen LogP contribution in [0.5, 0.6) is 0 Å². The van der Waals surface area contributed by atoms with Crippen molar-refractivity contribution < 1.29 is 0 Å². The van der Waals surface area contributed by atoms with Gasteiger partial charge in [0.15, 0.2) is 0 Å². The second-order valence-electron chi connectivity index (χ2n) is 3.31. The predicted molar refractivity (Wildman–Crippen MR) is 61.7 cm³/mol. The zero-order valence-electron chi connectivity index (χ0n) is 8.50. The molecule has 0 aliphatic heterocycles. The summed E-state index contributed by atoms with van der Waals surface area (Å²) in [6.45, 7) is 6.10. The lowest BCUT2D eigenvalue weighted by Crippen LogP contribution is -2.11. The van der Waals surface area contributed by atoms with Crippen molar-refractivity contribution in [3.8, 4) is 0 Å². The molecular formula is C11H14N2S. The highest BCUT2D eigenvalue weighted by Gasteiger charge is 2.04. The Labute approximate surface area is 88.0 Å². The number of thiazole rings is 1. The number of fused-ring (bicyclic) bond motifs is 1. The Hall–Kier alpha value is -0.930. The molecule has 0 unspecified atom stereocenters. The third-order valence-corrected chi connectivity index (χ3v) is 3.21. The first-order valence-corrected chi connectivity index (χ1v) is 5.68. The monoisotopic (exact) mass is 206 g/mol. The number of hydrogen-bond acceptors (Lipinski definition) is 3. The number of aryl methyl sites for hydroxylation is 1. The maximum absolute atomic E-state index is 4.61. The van der Waals surface area contributed by atoms with E-state index in [4.69, 9.17) is 0 Å². The van der Waals surface area contributed by atoms with Crippen LogP contribution in [0.3, 0.4) is 0 Å². The number of rotatable bonds is 3. The van der Waals surface area contributed by atoms with Gasteiger partial charge < -0.3 is 5.32 Å².